The van der Waals surface area contributed by atoms with E-state index < -0.39 is 111 Å². The number of nitrogens with two attached hydrogens (primary N) is 2. The smallest absolute Gasteiger partial charge is 0.400 e. The van der Waals surface area contributed by atoms with Gasteiger partial charge < -0.3 is 21.7 Å². The molecule has 38 heteroatoms. The second kappa shape index (κ2) is 22.2. The van der Waals surface area contributed by atoms with Crippen LogP contribution < -0.4 is 11.5 Å². The molecular formula is C22H26N2O30S6. The number of hydrogen-bond donors (Lipinski definition) is 10. The number of aromatic carboxylic acids is 2. The molecule has 2 atom stereocenters. The zero-order valence-electron chi connectivity index (χ0n) is 28.2. The van der Waals surface area contributed by atoms with Crippen LogP contribution in [0.1, 0.15) is 31.8 Å². The summed E-state index contributed by atoms with van der Waals surface area (Å²) in [6.45, 7) is 0. The van der Waals surface area contributed by atoms with Gasteiger partial charge >= 0.3 is 74.3 Å². The zero-order chi connectivity index (χ0) is 47.2. The third kappa shape index (κ3) is 26.4. The molecule has 60 heavy (non-hydrogen) atoms. The number of carboxylic acids is 2. The fourth-order valence-corrected chi connectivity index (χ4v) is 5.61. The lowest BCUT2D eigenvalue weighted by Crippen LogP contribution is -2.46. The maximum Gasteiger partial charge on any atom is 0.400 e. The molecule has 0 aromatic heterocycles. The highest BCUT2D eigenvalue weighted by atomic mass is 32.3. The monoisotopic (exact) mass is 990 g/mol. The van der Waals surface area contributed by atoms with Crippen molar-refractivity contribution >= 4 is 98.3 Å². The molecule has 0 spiro atoms. The third-order valence-corrected chi connectivity index (χ3v) is 7.79. The van der Waals surface area contributed by atoms with Gasteiger partial charge in [-0.25, -0.2) is 34.7 Å². The molecular weight excluding hydrogens is 965 g/mol. The highest BCUT2D eigenvalue weighted by Crippen LogP contribution is 2.16. The van der Waals surface area contributed by atoms with Crippen LogP contribution in [-0.4, -0.2) is 137 Å². The van der Waals surface area contributed by atoms with E-state index in [1.165, 1.54) is 24.3 Å². The Balaban J connectivity index is 0.000000870. The first kappa shape index (κ1) is 55.3. The lowest BCUT2D eigenvalue weighted by atomic mass is 10.1. The van der Waals surface area contributed by atoms with E-state index in [-0.39, 0.29) is 11.1 Å². The summed E-state index contributed by atoms with van der Waals surface area (Å²) >= 11 is 0. The van der Waals surface area contributed by atoms with Crippen molar-refractivity contribution < 1.29 is 132 Å². The largest absolute Gasteiger partial charge is 0.478 e. The molecule has 0 radical (unpaired) electrons. The second-order valence-corrected chi connectivity index (χ2v) is 16.0. The lowest BCUT2D eigenvalue weighted by Gasteiger charge is -2.20. The molecule has 32 nitrogen and oxygen atoms in total. The Labute approximate surface area is 336 Å². The zero-order valence-corrected chi connectivity index (χ0v) is 33.1. The summed E-state index contributed by atoms with van der Waals surface area (Å²) in [5.74, 6) is -5.69. The van der Waals surface area contributed by atoms with E-state index in [1.54, 1.807) is 24.3 Å². The summed E-state index contributed by atoms with van der Waals surface area (Å²) in [4.78, 5) is 43.0. The van der Waals surface area contributed by atoms with Crippen LogP contribution in [0.25, 0.3) is 12.2 Å². The van der Waals surface area contributed by atoms with Crippen molar-refractivity contribution in [2.75, 3.05) is 0 Å². The molecule has 2 rings (SSSR count). The molecule has 0 saturated carbocycles. The molecule has 0 aliphatic carbocycles. The van der Waals surface area contributed by atoms with Crippen LogP contribution in [0.4, 0.5) is 0 Å². The fourth-order valence-electron chi connectivity index (χ4n) is 3.10. The number of primary amides is 2. The Morgan fingerprint density at radius 3 is 0.767 bits per heavy atom. The first-order valence-electron chi connectivity index (χ1n) is 13.6. The van der Waals surface area contributed by atoms with Gasteiger partial charge in [-0.3, -0.25) is 36.9 Å². The first-order valence-corrected chi connectivity index (χ1v) is 21.8. The topological polar surface area (TPSA) is 542 Å². The number of carbonyl (C=O) groups is 4. The van der Waals surface area contributed by atoms with Gasteiger partial charge in [0.15, 0.2) is 0 Å². The van der Waals surface area contributed by atoms with Gasteiger partial charge in [0.25, 0.3) is 11.8 Å². The first-order chi connectivity index (χ1) is 26.8. The Hall–Kier alpha value is -4.72. The quantitative estimate of drug-likeness (QED) is 0.0349. The van der Waals surface area contributed by atoms with Crippen molar-refractivity contribution in [1.29, 1.82) is 0 Å². The van der Waals surface area contributed by atoms with E-state index in [9.17, 15) is 69.7 Å². The van der Waals surface area contributed by atoms with Gasteiger partial charge in [0, 0.05) is 0 Å². The average molecular weight is 991 g/mol. The minimum absolute atomic E-state index is 0.243. The maximum atomic E-state index is 10.8. The molecule has 2 aromatic carbocycles. The maximum absolute atomic E-state index is 10.8. The number of rotatable bonds is 20. The fraction of sp³-hybridized carbons (Fsp3) is 0.182. The van der Waals surface area contributed by atoms with Crippen molar-refractivity contribution in [2.24, 2.45) is 11.5 Å². The van der Waals surface area contributed by atoms with E-state index in [0.717, 1.165) is 11.1 Å². The van der Waals surface area contributed by atoms with Crippen LogP contribution in [0.3, 0.4) is 0 Å². The second-order valence-electron chi connectivity index (χ2n) is 9.71. The van der Waals surface area contributed by atoms with Gasteiger partial charge in [-0.2, -0.15) is 50.5 Å². The van der Waals surface area contributed by atoms with Crippen molar-refractivity contribution in [3.8, 4) is 0 Å². The summed E-state index contributed by atoms with van der Waals surface area (Å²) in [6.07, 6.45) is -8.23. The molecule has 12 N–H and O–H groups in total. The summed E-state index contributed by atoms with van der Waals surface area (Å²) in [7, 11) is -32.9. The van der Waals surface area contributed by atoms with E-state index in [1.807, 2.05) is 12.2 Å². The van der Waals surface area contributed by atoms with Crippen molar-refractivity contribution in [2.45, 2.75) is 24.8 Å². The van der Waals surface area contributed by atoms with Crippen LogP contribution in [0.15, 0.2) is 48.5 Å². The van der Waals surface area contributed by atoms with Gasteiger partial charge in [-0.05, 0) is 35.4 Å². The normalized spacial score (nSPS) is 13.7. The van der Waals surface area contributed by atoms with E-state index >= 15 is 0 Å². The Morgan fingerprint density at radius 2 is 0.617 bits per heavy atom. The highest BCUT2D eigenvalue weighted by Gasteiger charge is 2.41. The van der Waals surface area contributed by atoms with E-state index in [2.05, 4.69) is 36.6 Å². The standard InChI is InChI=1S/C16H12O4.2C3H7NO13S3/c17-15(18)13-7-3-11(4-8-13)1-2-12-5-9-14(10-6-12)16(19)20;2*4-2(5)1(15-18(6,7)8)3(16-19(9,10)11)17-20(12,13)14/h1-10H,(H,17,18)(H,19,20);2*1,3H,(H2,4,5)(H,6,7,8)(H,9,10,11)(H,12,13,14)/b2-1-;;. The Bertz CT molecular complexity index is 2310. The number of carbonyl (C=O) groups excluding carboxylic acids is 2. The molecule has 0 saturated heterocycles. The molecule has 2 unspecified atom stereocenters. The predicted octanol–water partition coefficient (Wildman–Crippen LogP) is -3.50. The minimum atomic E-state index is -5.49. The molecule has 2 amide bonds. The highest BCUT2D eigenvalue weighted by molar-refractivity contribution is 7.82. The van der Waals surface area contributed by atoms with Gasteiger partial charge in [-0.1, -0.05) is 36.4 Å². The number of benzene rings is 2. The molecule has 0 fully saturated rings. The van der Waals surface area contributed by atoms with Crippen molar-refractivity contribution in [3.63, 3.8) is 0 Å². The van der Waals surface area contributed by atoms with Crippen LogP contribution in [0.2, 0.25) is 0 Å². The van der Waals surface area contributed by atoms with Crippen LogP contribution in [0, 0.1) is 0 Å². The number of amides is 2. The molecule has 0 bridgehead atoms. The summed E-state index contributed by atoms with van der Waals surface area (Å²) in [5.41, 5.74) is 11.3. The average Bonchev–Trinajstić information content (AvgIpc) is 3.02. The van der Waals surface area contributed by atoms with Gasteiger partial charge in [-0.15, -0.1) is 0 Å². The Morgan fingerprint density at radius 1 is 0.417 bits per heavy atom. The van der Waals surface area contributed by atoms with Crippen LogP contribution in [-0.2, 0) is 97.1 Å². The minimum Gasteiger partial charge on any atom is -0.478 e. The van der Waals surface area contributed by atoms with Crippen LogP contribution in [0.5, 0.6) is 0 Å². The van der Waals surface area contributed by atoms with Crippen molar-refractivity contribution in [1.82, 2.24) is 0 Å². The van der Waals surface area contributed by atoms with E-state index in [0.29, 0.717) is 0 Å². The predicted molar refractivity (Wildman–Crippen MR) is 185 cm³/mol. The number of carboxylic acid groups (broad SMARTS) is 2. The molecule has 0 aliphatic rings. The number of hydrogen-bond acceptors (Lipinski definition) is 22. The molecule has 0 aliphatic heterocycles. The summed E-state index contributed by atoms with van der Waals surface area (Å²) < 4.78 is 195. The summed E-state index contributed by atoms with van der Waals surface area (Å²) in [6, 6.07) is 13.0. The molecule has 340 valence electrons. The third-order valence-electron chi connectivity index (χ3n) is 5.16. The summed E-state index contributed by atoms with van der Waals surface area (Å²) in [5, 5.41) is 17.6. The molecule has 2 aromatic rings. The van der Waals surface area contributed by atoms with Gasteiger partial charge in [0.2, 0.25) is 24.8 Å². The molecule has 0 heterocycles. The van der Waals surface area contributed by atoms with Crippen LogP contribution >= 0.6 is 0 Å². The Kier molecular flexibility index (Phi) is 20.5. The van der Waals surface area contributed by atoms with Crippen molar-refractivity contribution in [3.05, 3.63) is 70.8 Å². The van der Waals surface area contributed by atoms with E-state index in [4.69, 9.17) is 37.5 Å². The SMILES string of the molecule is NC(=O)C(OS(=O)(=O)O)C(OS(=O)(=O)O)OS(=O)(=O)O.NC(=O)C(OS(=O)(=O)O)C(OS(=O)(=O)O)OS(=O)(=O)O.O=C(O)c1ccc(/C=C\c2ccc(C(=O)O)cc2)cc1. The van der Waals surface area contributed by atoms with Gasteiger partial charge in [0.1, 0.15) is 0 Å². The lowest BCUT2D eigenvalue weighted by molar-refractivity contribution is -0.141. The van der Waals surface area contributed by atoms with Gasteiger partial charge in [0.05, 0.1) is 11.1 Å².